The average Bonchev–Trinajstić information content (AvgIpc) is 2.68. The van der Waals surface area contributed by atoms with E-state index in [2.05, 4.69) is 25.2 Å². The van der Waals surface area contributed by atoms with Gasteiger partial charge < -0.3 is 10.2 Å². The molecule has 0 aromatic carbocycles. The summed E-state index contributed by atoms with van der Waals surface area (Å²) in [5, 5.41) is 3.14. The smallest absolute Gasteiger partial charge is 0.214 e. The van der Waals surface area contributed by atoms with E-state index < -0.39 is 10.0 Å². The summed E-state index contributed by atoms with van der Waals surface area (Å²) < 4.78 is 26.2. The van der Waals surface area contributed by atoms with Crippen LogP contribution in [0.4, 0.5) is 17.5 Å². The van der Waals surface area contributed by atoms with Gasteiger partial charge in [-0.3, -0.25) is 0 Å². The van der Waals surface area contributed by atoms with E-state index in [0.29, 0.717) is 44.2 Å². The van der Waals surface area contributed by atoms with E-state index in [0.717, 1.165) is 12.2 Å². The van der Waals surface area contributed by atoms with Crippen molar-refractivity contribution in [2.24, 2.45) is 0 Å². The molecule has 2 aromatic rings. The van der Waals surface area contributed by atoms with Gasteiger partial charge in [0.05, 0.1) is 5.75 Å². The van der Waals surface area contributed by atoms with Crippen LogP contribution in [0.1, 0.15) is 19.8 Å². The van der Waals surface area contributed by atoms with Crippen molar-refractivity contribution in [2.45, 2.75) is 19.8 Å². The van der Waals surface area contributed by atoms with Gasteiger partial charge in [0.25, 0.3) is 0 Å². The van der Waals surface area contributed by atoms with Gasteiger partial charge in [0.2, 0.25) is 10.0 Å². The van der Waals surface area contributed by atoms with Crippen LogP contribution in [0.3, 0.4) is 0 Å². The van der Waals surface area contributed by atoms with E-state index in [9.17, 15) is 8.42 Å². The third kappa shape index (κ3) is 4.67. The summed E-state index contributed by atoms with van der Waals surface area (Å²) >= 11 is 0. The molecule has 1 fully saturated rings. The lowest BCUT2D eigenvalue weighted by Gasteiger charge is -2.34. The molecule has 1 saturated heterocycles. The Morgan fingerprint density at radius 1 is 1.08 bits per heavy atom. The summed E-state index contributed by atoms with van der Waals surface area (Å²) in [5.41, 5.74) is 0. The van der Waals surface area contributed by atoms with E-state index in [1.165, 1.54) is 6.33 Å². The zero-order chi connectivity index (χ0) is 18.4. The van der Waals surface area contributed by atoms with Crippen molar-refractivity contribution in [3.8, 4) is 0 Å². The largest absolute Gasteiger partial charge is 0.354 e. The van der Waals surface area contributed by atoms with E-state index in [1.807, 2.05) is 31.2 Å². The number of hydrogen-bond donors (Lipinski definition) is 1. The summed E-state index contributed by atoms with van der Waals surface area (Å²) in [4.78, 5) is 14.8. The Labute approximate surface area is 154 Å². The predicted molar refractivity (Wildman–Crippen MR) is 102 cm³/mol. The molecule has 3 heterocycles. The third-order valence-corrected chi connectivity index (χ3v) is 6.24. The van der Waals surface area contributed by atoms with Crippen molar-refractivity contribution in [3.05, 3.63) is 36.8 Å². The molecule has 9 heteroatoms. The number of piperazine rings is 1. The molecule has 3 rings (SSSR count). The van der Waals surface area contributed by atoms with Gasteiger partial charge in [0.15, 0.2) is 0 Å². The fraction of sp³-hybridized carbons (Fsp3) is 0.471. The highest BCUT2D eigenvalue weighted by molar-refractivity contribution is 7.89. The lowest BCUT2D eigenvalue weighted by Crippen LogP contribution is -2.49. The molecular weight excluding hydrogens is 352 g/mol. The average molecular weight is 376 g/mol. The summed E-state index contributed by atoms with van der Waals surface area (Å²) in [6.07, 6.45) is 4.80. The van der Waals surface area contributed by atoms with Crippen LogP contribution in [0.5, 0.6) is 0 Å². The van der Waals surface area contributed by atoms with Crippen LogP contribution in [0, 0.1) is 0 Å². The Morgan fingerprint density at radius 2 is 1.88 bits per heavy atom. The van der Waals surface area contributed by atoms with Gasteiger partial charge in [0, 0.05) is 38.4 Å². The maximum Gasteiger partial charge on any atom is 0.214 e. The normalized spacial score (nSPS) is 15.8. The van der Waals surface area contributed by atoms with Crippen LogP contribution in [0.2, 0.25) is 0 Å². The van der Waals surface area contributed by atoms with Gasteiger partial charge in [-0.2, -0.15) is 4.31 Å². The molecule has 0 amide bonds. The molecule has 0 atom stereocenters. The fourth-order valence-corrected chi connectivity index (χ4v) is 4.44. The Morgan fingerprint density at radius 3 is 2.58 bits per heavy atom. The second-order valence-electron chi connectivity index (χ2n) is 6.16. The van der Waals surface area contributed by atoms with Crippen LogP contribution in [0.25, 0.3) is 0 Å². The molecule has 140 valence electrons. The minimum atomic E-state index is -3.15. The van der Waals surface area contributed by atoms with E-state index in [4.69, 9.17) is 0 Å². The van der Waals surface area contributed by atoms with E-state index in [-0.39, 0.29) is 5.75 Å². The van der Waals surface area contributed by atoms with Crippen LogP contribution in [-0.2, 0) is 10.0 Å². The Kier molecular flexibility index (Phi) is 6.00. The minimum absolute atomic E-state index is 0.231. The molecule has 1 aliphatic heterocycles. The second kappa shape index (κ2) is 8.41. The molecule has 0 radical (unpaired) electrons. The number of sulfonamides is 1. The quantitative estimate of drug-likeness (QED) is 0.789. The molecule has 2 aromatic heterocycles. The molecule has 0 bridgehead atoms. The second-order valence-corrected chi connectivity index (χ2v) is 8.25. The van der Waals surface area contributed by atoms with Crippen LogP contribution >= 0.6 is 0 Å². The highest BCUT2D eigenvalue weighted by Crippen LogP contribution is 2.19. The Balaban J connectivity index is 1.62. The van der Waals surface area contributed by atoms with Gasteiger partial charge in [0.1, 0.15) is 23.8 Å². The van der Waals surface area contributed by atoms with Crippen molar-refractivity contribution in [2.75, 3.05) is 42.1 Å². The summed E-state index contributed by atoms with van der Waals surface area (Å²) in [7, 11) is -3.15. The van der Waals surface area contributed by atoms with E-state index >= 15 is 0 Å². The lowest BCUT2D eigenvalue weighted by atomic mass is 10.3. The molecule has 1 N–H and O–H groups in total. The zero-order valence-electron chi connectivity index (χ0n) is 14.9. The molecule has 26 heavy (non-hydrogen) atoms. The molecule has 0 unspecified atom stereocenters. The van der Waals surface area contributed by atoms with Crippen LogP contribution in [0.15, 0.2) is 36.8 Å². The monoisotopic (exact) mass is 376 g/mol. The van der Waals surface area contributed by atoms with Gasteiger partial charge >= 0.3 is 0 Å². The number of hydrogen-bond acceptors (Lipinski definition) is 7. The molecule has 1 aliphatic rings. The summed E-state index contributed by atoms with van der Waals surface area (Å²) in [6, 6.07) is 7.47. The van der Waals surface area contributed by atoms with Crippen molar-refractivity contribution in [1.29, 1.82) is 0 Å². The minimum Gasteiger partial charge on any atom is -0.354 e. The summed E-state index contributed by atoms with van der Waals surface area (Å²) in [5.74, 6) is 2.38. The molecule has 0 aliphatic carbocycles. The molecule has 0 saturated carbocycles. The van der Waals surface area contributed by atoms with Gasteiger partial charge in [-0.25, -0.2) is 23.4 Å². The fourth-order valence-electron chi connectivity index (χ4n) is 2.81. The lowest BCUT2D eigenvalue weighted by molar-refractivity contribution is 0.383. The van der Waals surface area contributed by atoms with Gasteiger partial charge in [-0.05, 0) is 18.6 Å². The van der Waals surface area contributed by atoms with Gasteiger partial charge in [-0.1, -0.05) is 19.4 Å². The standard InChI is InChI=1S/C17H24N6O2S/c1-2-3-12-26(24,25)23-10-8-22(9-11-23)17-13-16(19-14-20-17)21-15-6-4-5-7-18-15/h4-7,13-14H,2-3,8-12H2,1H3,(H,18,19,20,21). The number of nitrogens with zero attached hydrogens (tertiary/aromatic N) is 5. The third-order valence-electron chi connectivity index (χ3n) is 4.29. The number of unbranched alkanes of at least 4 members (excludes halogenated alkanes) is 1. The molecular formula is C17H24N6O2S. The maximum absolute atomic E-state index is 12.3. The number of anilines is 3. The molecule has 8 nitrogen and oxygen atoms in total. The highest BCUT2D eigenvalue weighted by Gasteiger charge is 2.27. The van der Waals surface area contributed by atoms with Crippen molar-refractivity contribution in [3.63, 3.8) is 0 Å². The van der Waals surface area contributed by atoms with Crippen molar-refractivity contribution >= 4 is 27.5 Å². The number of pyridine rings is 1. The summed E-state index contributed by atoms with van der Waals surface area (Å²) in [6.45, 7) is 4.20. The number of aromatic nitrogens is 3. The topological polar surface area (TPSA) is 91.3 Å². The zero-order valence-corrected chi connectivity index (χ0v) is 15.7. The van der Waals surface area contributed by atoms with Crippen molar-refractivity contribution in [1.82, 2.24) is 19.3 Å². The van der Waals surface area contributed by atoms with Gasteiger partial charge in [-0.15, -0.1) is 0 Å². The van der Waals surface area contributed by atoms with Crippen LogP contribution < -0.4 is 10.2 Å². The molecule has 0 spiro atoms. The first-order chi connectivity index (χ1) is 12.6. The number of rotatable bonds is 7. The van der Waals surface area contributed by atoms with E-state index in [1.54, 1.807) is 10.5 Å². The van der Waals surface area contributed by atoms with Crippen LogP contribution in [-0.4, -0.2) is 59.6 Å². The first-order valence-corrected chi connectivity index (χ1v) is 10.4. The maximum atomic E-state index is 12.3. The Bertz CT molecular complexity index is 807. The van der Waals surface area contributed by atoms with Crippen molar-refractivity contribution < 1.29 is 8.42 Å². The highest BCUT2D eigenvalue weighted by atomic mass is 32.2. The SMILES string of the molecule is CCCCS(=O)(=O)N1CCN(c2cc(Nc3ccccn3)ncn2)CC1. The first kappa shape index (κ1) is 18.5. The predicted octanol–water partition coefficient (Wildman–Crippen LogP) is 1.87. The number of nitrogens with one attached hydrogen (secondary N) is 1. The first-order valence-electron chi connectivity index (χ1n) is 8.81. The Hall–Kier alpha value is -2.26.